The summed E-state index contributed by atoms with van der Waals surface area (Å²) in [4.78, 5) is 31.2. The van der Waals surface area contributed by atoms with Gasteiger partial charge in [-0.05, 0) is 49.8 Å². The zero-order valence-electron chi connectivity index (χ0n) is 16.4. The summed E-state index contributed by atoms with van der Waals surface area (Å²) in [5, 5.41) is 11.5. The summed E-state index contributed by atoms with van der Waals surface area (Å²) in [6.45, 7) is 3.20. The van der Waals surface area contributed by atoms with E-state index in [2.05, 4.69) is 4.98 Å². The second kappa shape index (κ2) is 8.12. The molecule has 1 saturated carbocycles. The van der Waals surface area contributed by atoms with E-state index in [1.165, 1.54) is 18.4 Å². The number of aliphatic hydroxyl groups excluding tert-OH is 1. The van der Waals surface area contributed by atoms with E-state index in [4.69, 9.17) is 9.47 Å². The number of fused-ring (bicyclic) bond motifs is 1. The molecule has 1 N–H and O–H groups in total. The maximum absolute atomic E-state index is 12.7. The van der Waals surface area contributed by atoms with Gasteiger partial charge in [-0.1, -0.05) is 6.07 Å². The zero-order chi connectivity index (χ0) is 20.5. The number of methoxy groups -OCH3 is 1. The number of carbonyl (C=O) groups is 2. The van der Waals surface area contributed by atoms with E-state index < -0.39 is 12.1 Å². The fraction of sp³-hybridized carbons (Fsp3) is 0.476. The van der Waals surface area contributed by atoms with Crippen molar-refractivity contribution in [2.24, 2.45) is 11.8 Å². The van der Waals surface area contributed by atoms with Crippen molar-refractivity contribution in [3.05, 3.63) is 45.9 Å². The minimum absolute atomic E-state index is 0.0164. The van der Waals surface area contributed by atoms with Gasteiger partial charge < -0.3 is 19.5 Å². The standard InChI is InChI=1S/C21H24N2O5S/c1-12-22-9-19(29-12)20(25)23-10-14-7-17(24)18(8-15(14)11-23)28-16-5-3-4-13(6-16)21(26)27-2/h3-6,9,14-15,17-18,24H,7-8,10-11H2,1-2H3/t14-,15+,17+,18+/m0/s1. The molecule has 4 rings (SSSR count). The van der Waals surface area contributed by atoms with Gasteiger partial charge in [0, 0.05) is 13.1 Å². The number of rotatable bonds is 4. The molecule has 1 saturated heterocycles. The lowest BCUT2D eigenvalue weighted by Gasteiger charge is -2.35. The molecular formula is C21H24N2O5S. The largest absolute Gasteiger partial charge is 0.488 e. The number of nitrogens with zero attached hydrogens (tertiary/aromatic N) is 2. The summed E-state index contributed by atoms with van der Waals surface area (Å²) in [5.41, 5.74) is 0.408. The van der Waals surface area contributed by atoms with Crippen LogP contribution < -0.4 is 4.74 Å². The third-order valence-electron chi connectivity index (χ3n) is 5.75. The first kappa shape index (κ1) is 19.8. The van der Waals surface area contributed by atoms with E-state index in [0.717, 1.165) is 5.01 Å². The molecule has 1 amide bonds. The SMILES string of the molecule is COC(=O)c1cccc(O[C@@H]2C[C@@H]3CN(C(=O)c4cnc(C)s4)C[C@@H]3C[C@H]2O)c1. The summed E-state index contributed by atoms with van der Waals surface area (Å²) in [5.74, 6) is 0.668. The molecule has 0 radical (unpaired) electrons. The molecule has 2 aliphatic rings. The van der Waals surface area contributed by atoms with Crippen molar-refractivity contribution >= 4 is 23.2 Å². The van der Waals surface area contributed by atoms with E-state index >= 15 is 0 Å². The quantitative estimate of drug-likeness (QED) is 0.771. The van der Waals surface area contributed by atoms with Crippen molar-refractivity contribution in [3.8, 4) is 5.75 Å². The van der Waals surface area contributed by atoms with Gasteiger partial charge in [0.15, 0.2) is 0 Å². The lowest BCUT2D eigenvalue weighted by atomic mass is 9.78. The van der Waals surface area contributed by atoms with Crippen LogP contribution in [0.1, 0.15) is 37.9 Å². The predicted octanol–water partition coefficient (Wildman–Crippen LogP) is 2.53. The average molecular weight is 416 g/mol. The minimum atomic E-state index is -0.612. The Labute approximate surface area is 173 Å². The van der Waals surface area contributed by atoms with Crippen molar-refractivity contribution in [3.63, 3.8) is 0 Å². The molecule has 0 spiro atoms. The van der Waals surface area contributed by atoms with E-state index in [1.807, 2.05) is 11.8 Å². The molecule has 8 heteroatoms. The number of likely N-dealkylation sites (tertiary alicyclic amines) is 1. The number of hydrogen-bond acceptors (Lipinski definition) is 7. The van der Waals surface area contributed by atoms with E-state index in [9.17, 15) is 14.7 Å². The predicted molar refractivity (Wildman–Crippen MR) is 107 cm³/mol. The van der Waals surface area contributed by atoms with Crippen molar-refractivity contribution in [1.82, 2.24) is 9.88 Å². The Bertz CT molecular complexity index is 914. The summed E-state index contributed by atoms with van der Waals surface area (Å²) in [7, 11) is 1.33. The van der Waals surface area contributed by atoms with Gasteiger partial charge in [-0.2, -0.15) is 0 Å². The second-order valence-corrected chi connectivity index (χ2v) is 8.92. The molecule has 154 valence electrons. The van der Waals surface area contributed by atoms with Crippen LogP contribution in [0.4, 0.5) is 0 Å². The fourth-order valence-corrected chi connectivity index (χ4v) is 5.03. The highest BCUT2D eigenvalue weighted by molar-refractivity contribution is 7.13. The van der Waals surface area contributed by atoms with Gasteiger partial charge in [-0.25, -0.2) is 9.78 Å². The molecule has 2 heterocycles. The Morgan fingerprint density at radius 3 is 2.69 bits per heavy atom. The number of ether oxygens (including phenoxy) is 2. The lowest BCUT2D eigenvalue weighted by molar-refractivity contribution is -0.0231. The number of aryl methyl sites for hydroxylation is 1. The summed E-state index contributed by atoms with van der Waals surface area (Å²) < 4.78 is 10.8. The molecule has 1 aliphatic heterocycles. The van der Waals surface area contributed by atoms with Crippen molar-refractivity contribution in [2.45, 2.75) is 32.0 Å². The molecule has 2 fully saturated rings. The Kier molecular flexibility index (Phi) is 5.56. The van der Waals surface area contributed by atoms with Crippen LogP contribution in [0.25, 0.3) is 0 Å². The van der Waals surface area contributed by atoms with Gasteiger partial charge in [-0.3, -0.25) is 4.79 Å². The first-order chi connectivity index (χ1) is 13.9. The zero-order valence-corrected chi connectivity index (χ0v) is 17.2. The van der Waals surface area contributed by atoms with Crippen molar-refractivity contribution < 1.29 is 24.2 Å². The van der Waals surface area contributed by atoms with E-state index in [-0.39, 0.29) is 23.8 Å². The molecule has 1 aliphatic carbocycles. The number of hydrogen-bond donors (Lipinski definition) is 1. The van der Waals surface area contributed by atoms with Crippen molar-refractivity contribution in [1.29, 1.82) is 0 Å². The Balaban J connectivity index is 1.42. The molecular weight excluding hydrogens is 392 g/mol. The van der Waals surface area contributed by atoms with Crippen LogP contribution in [0.2, 0.25) is 0 Å². The second-order valence-electron chi connectivity index (χ2n) is 7.69. The number of esters is 1. The number of aliphatic hydroxyl groups is 1. The maximum atomic E-state index is 12.7. The normalized spacial score (nSPS) is 26.1. The Morgan fingerprint density at radius 1 is 1.24 bits per heavy atom. The molecule has 4 atom stereocenters. The first-order valence-electron chi connectivity index (χ1n) is 9.69. The highest BCUT2D eigenvalue weighted by Crippen LogP contribution is 2.38. The Morgan fingerprint density at radius 2 is 2.00 bits per heavy atom. The highest BCUT2D eigenvalue weighted by Gasteiger charge is 2.44. The van der Waals surface area contributed by atoms with Crippen LogP contribution in [0.3, 0.4) is 0 Å². The molecule has 7 nitrogen and oxygen atoms in total. The van der Waals surface area contributed by atoms with Gasteiger partial charge in [0.2, 0.25) is 0 Å². The third-order valence-corrected chi connectivity index (χ3v) is 6.65. The monoisotopic (exact) mass is 416 g/mol. The van der Waals surface area contributed by atoms with Crippen LogP contribution in [0.5, 0.6) is 5.75 Å². The van der Waals surface area contributed by atoms with Gasteiger partial charge in [0.25, 0.3) is 5.91 Å². The number of thiazole rings is 1. The van der Waals surface area contributed by atoms with Gasteiger partial charge in [0.1, 0.15) is 16.7 Å². The smallest absolute Gasteiger partial charge is 0.337 e. The van der Waals surface area contributed by atoms with Gasteiger partial charge in [-0.15, -0.1) is 11.3 Å². The molecule has 0 unspecified atom stereocenters. The van der Waals surface area contributed by atoms with Gasteiger partial charge in [0.05, 0.1) is 30.0 Å². The number of benzene rings is 1. The first-order valence-corrected chi connectivity index (χ1v) is 10.5. The molecule has 1 aromatic carbocycles. The maximum Gasteiger partial charge on any atom is 0.337 e. The lowest BCUT2D eigenvalue weighted by Crippen LogP contribution is -2.42. The van der Waals surface area contributed by atoms with E-state index in [0.29, 0.717) is 42.1 Å². The summed E-state index contributed by atoms with van der Waals surface area (Å²) in [6.07, 6.45) is 1.92. The van der Waals surface area contributed by atoms with Crippen LogP contribution >= 0.6 is 11.3 Å². The van der Waals surface area contributed by atoms with Crippen LogP contribution in [-0.2, 0) is 4.74 Å². The minimum Gasteiger partial charge on any atom is -0.488 e. The van der Waals surface area contributed by atoms with Crippen LogP contribution in [0, 0.1) is 18.8 Å². The average Bonchev–Trinajstić information content (AvgIpc) is 3.33. The molecule has 0 bridgehead atoms. The van der Waals surface area contributed by atoms with Crippen LogP contribution in [0.15, 0.2) is 30.5 Å². The molecule has 29 heavy (non-hydrogen) atoms. The summed E-state index contributed by atoms with van der Waals surface area (Å²) >= 11 is 1.41. The van der Waals surface area contributed by atoms with Gasteiger partial charge >= 0.3 is 5.97 Å². The topological polar surface area (TPSA) is 89.0 Å². The Hall–Kier alpha value is -2.45. The summed E-state index contributed by atoms with van der Waals surface area (Å²) in [6, 6.07) is 6.78. The third kappa shape index (κ3) is 4.13. The molecule has 2 aromatic rings. The number of carbonyl (C=O) groups excluding carboxylic acids is 2. The van der Waals surface area contributed by atoms with Crippen LogP contribution in [-0.4, -0.2) is 59.3 Å². The number of amides is 1. The number of aromatic nitrogens is 1. The fourth-order valence-electron chi connectivity index (χ4n) is 4.29. The van der Waals surface area contributed by atoms with E-state index in [1.54, 1.807) is 30.5 Å². The highest BCUT2D eigenvalue weighted by atomic mass is 32.1. The van der Waals surface area contributed by atoms with Crippen molar-refractivity contribution in [2.75, 3.05) is 20.2 Å². The molecule has 1 aromatic heterocycles.